The van der Waals surface area contributed by atoms with Gasteiger partial charge in [0, 0.05) is 5.92 Å². The molecule has 26 heavy (non-hydrogen) atoms. The van der Waals surface area contributed by atoms with Crippen LogP contribution in [0.15, 0.2) is 36.5 Å². The molecule has 3 heteroatoms. The Balaban J connectivity index is 3.48. The van der Waals surface area contributed by atoms with Crippen LogP contribution in [0.2, 0.25) is 18.1 Å². The zero-order valence-electron chi connectivity index (χ0n) is 18.6. The van der Waals surface area contributed by atoms with E-state index in [1.807, 2.05) is 6.08 Å². The SMILES string of the molecule is C=CC[C@]1(O)C(C)=CC[C@@H](C(C)C)C1[C@H](O[Si](C)(C)C(C)(C)C)C(=C)C. The van der Waals surface area contributed by atoms with E-state index in [1.54, 1.807) is 0 Å². The maximum Gasteiger partial charge on any atom is 0.192 e. The number of rotatable bonds is 7. The molecule has 4 atom stereocenters. The van der Waals surface area contributed by atoms with E-state index >= 15 is 0 Å². The van der Waals surface area contributed by atoms with Gasteiger partial charge in [-0.1, -0.05) is 58.9 Å². The predicted molar refractivity (Wildman–Crippen MR) is 117 cm³/mol. The van der Waals surface area contributed by atoms with Gasteiger partial charge < -0.3 is 9.53 Å². The Morgan fingerprint density at radius 3 is 2.35 bits per heavy atom. The van der Waals surface area contributed by atoms with Crippen LogP contribution in [0.3, 0.4) is 0 Å². The Labute approximate surface area is 163 Å². The quantitative estimate of drug-likeness (QED) is 0.405. The monoisotopic (exact) mass is 378 g/mol. The van der Waals surface area contributed by atoms with Crippen LogP contribution in [-0.2, 0) is 4.43 Å². The van der Waals surface area contributed by atoms with E-state index in [1.165, 1.54) is 0 Å². The van der Waals surface area contributed by atoms with Crippen LogP contribution in [0.4, 0.5) is 0 Å². The van der Waals surface area contributed by atoms with Gasteiger partial charge in [0.1, 0.15) is 0 Å². The van der Waals surface area contributed by atoms with Crippen molar-refractivity contribution in [1.82, 2.24) is 0 Å². The van der Waals surface area contributed by atoms with Crippen molar-refractivity contribution in [2.75, 3.05) is 0 Å². The minimum Gasteiger partial charge on any atom is -0.410 e. The molecule has 0 saturated heterocycles. The van der Waals surface area contributed by atoms with Crippen LogP contribution >= 0.6 is 0 Å². The van der Waals surface area contributed by atoms with E-state index < -0.39 is 13.9 Å². The summed E-state index contributed by atoms with van der Waals surface area (Å²) in [6.45, 7) is 28.2. The number of allylic oxidation sites excluding steroid dienone is 1. The highest BCUT2D eigenvalue weighted by molar-refractivity contribution is 6.74. The highest BCUT2D eigenvalue weighted by Crippen LogP contribution is 2.49. The van der Waals surface area contributed by atoms with Crippen molar-refractivity contribution in [3.05, 3.63) is 36.5 Å². The largest absolute Gasteiger partial charge is 0.410 e. The third-order valence-corrected chi connectivity index (χ3v) is 11.2. The van der Waals surface area contributed by atoms with Crippen LogP contribution in [0.1, 0.15) is 61.3 Å². The Hall–Kier alpha value is -0.643. The molecule has 0 spiro atoms. The van der Waals surface area contributed by atoms with Gasteiger partial charge in [-0.25, -0.2) is 0 Å². The fourth-order valence-electron chi connectivity index (χ4n) is 3.91. The molecule has 0 aliphatic heterocycles. The van der Waals surface area contributed by atoms with Gasteiger partial charge in [-0.05, 0) is 62.2 Å². The fraction of sp³-hybridized carbons (Fsp3) is 0.739. The molecular weight excluding hydrogens is 336 g/mol. The lowest BCUT2D eigenvalue weighted by Crippen LogP contribution is -2.56. The molecule has 0 bridgehead atoms. The zero-order valence-corrected chi connectivity index (χ0v) is 19.6. The average Bonchev–Trinajstić information content (AvgIpc) is 2.46. The lowest BCUT2D eigenvalue weighted by atomic mass is 9.61. The van der Waals surface area contributed by atoms with Gasteiger partial charge in [0.25, 0.3) is 0 Å². The van der Waals surface area contributed by atoms with Crippen LogP contribution in [-0.4, -0.2) is 25.1 Å². The van der Waals surface area contributed by atoms with Crippen molar-refractivity contribution in [2.24, 2.45) is 17.8 Å². The Kier molecular flexibility index (Phi) is 7.34. The molecule has 0 saturated carbocycles. The molecule has 0 heterocycles. The van der Waals surface area contributed by atoms with Crippen molar-refractivity contribution < 1.29 is 9.53 Å². The number of aliphatic hydroxyl groups is 1. The Morgan fingerprint density at radius 1 is 1.42 bits per heavy atom. The van der Waals surface area contributed by atoms with Gasteiger partial charge in [0.2, 0.25) is 0 Å². The summed E-state index contributed by atoms with van der Waals surface area (Å²) < 4.78 is 6.89. The van der Waals surface area contributed by atoms with Crippen molar-refractivity contribution in [3.8, 4) is 0 Å². The van der Waals surface area contributed by atoms with Gasteiger partial charge in [0.05, 0.1) is 11.7 Å². The molecule has 150 valence electrons. The lowest BCUT2D eigenvalue weighted by molar-refractivity contribution is -0.0718. The minimum atomic E-state index is -2.00. The minimum absolute atomic E-state index is 0.00266. The average molecular weight is 379 g/mol. The van der Waals surface area contributed by atoms with E-state index in [0.717, 1.165) is 17.6 Å². The van der Waals surface area contributed by atoms with Gasteiger partial charge in [-0.15, -0.1) is 6.58 Å². The molecule has 0 radical (unpaired) electrons. The second kappa shape index (κ2) is 8.16. The van der Waals surface area contributed by atoms with Crippen molar-refractivity contribution in [3.63, 3.8) is 0 Å². The first-order chi connectivity index (χ1) is 11.7. The summed E-state index contributed by atoms with van der Waals surface area (Å²) in [5.41, 5.74) is 1.15. The Bertz CT molecular complexity index is 553. The zero-order chi connectivity index (χ0) is 20.5. The molecule has 0 fully saturated rings. The highest BCUT2D eigenvalue weighted by Gasteiger charge is 2.51. The molecule has 0 aromatic heterocycles. The lowest BCUT2D eigenvalue weighted by Gasteiger charge is -2.52. The normalized spacial score (nSPS) is 28.7. The van der Waals surface area contributed by atoms with Crippen LogP contribution in [0.25, 0.3) is 0 Å². The maximum atomic E-state index is 11.8. The topological polar surface area (TPSA) is 29.5 Å². The predicted octanol–water partition coefficient (Wildman–Crippen LogP) is 6.50. The molecule has 2 nitrogen and oxygen atoms in total. The van der Waals surface area contributed by atoms with Crippen LogP contribution in [0, 0.1) is 17.8 Å². The van der Waals surface area contributed by atoms with E-state index in [9.17, 15) is 5.11 Å². The van der Waals surface area contributed by atoms with Gasteiger partial charge in [-0.3, -0.25) is 0 Å². The highest BCUT2D eigenvalue weighted by atomic mass is 28.4. The molecule has 1 aliphatic carbocycles. The van der Waals surface area contributed by atoms with Crippen molar-refractivity contribution >= 4 is 8.32 Å². The van der Waals surface area contributed by atoms with Crippen molar-refractivity contribution in [2.45, 2.75) is 91.1 Å². The standard InChI is InChI=1S/C23H42O2Si/c1-12-15-23(24)18(6)13-14-19(16(2)3)20(23)21(17(4)5)25-26(10,11)22(7,8)9/h12-13,16,19-21,24H,1,4,14-15H2,2-3,5-11H3/t19-,20?,21+,23-/m0/s1. The van der Waals surface area contributed by atoms with E-state index in [4.69, 9.17) is 4.43 Å². The maximum absolute atomic E-state index is 11.8. The third kappa shape index (κ3) is 4.60. The first-order valence-electron chi connectivity index (χ1n) is 10.0. The summed E-state index contributed by atoms with van der Waals surface area (Å²) >= 11 is 0. The van der Waals surface area contributed by atoms with Crippen molar-refractivity contribution in [1.29, 1.82) is 0 Å². The van der Waals surface area contributed by atoms with E-state index in [2.05, 4.69) is 80.8 Å². The molecule has 1 rings (SSSR count). The first kappa shape index (κ1) is 23.4. The second-order valence-electron chi connectivity index (χ2n) is 10.1. The summed E-state index contributed by atoms with van der Waals surface area (Å²) in [5.74, 6) is 0.817. The molecule has 1 aliphatic rings. The van der Waals surface area contributed by atoms with E-state index in [-0.39, 0.29) is 17.1 Å². The molecule has 0 amide bonds. The molecule has 1 unspecified atom stereocenters. The molecule has 0 aromatic rings. The van der Waals surface area contributed by atoms with Gasteiger partial charge >= 0.3 is 0 Å². The smallest absolute Gasteiger partial charge is 0.192 e. The first-order valence-corrected chi connectivity index (χ1v) is 12.9. The summed E-state index contributed by atoms with van der Waals surface area (Å²) in [7, 11) is -2.00. The van der Waals surface area contributed by atoms with Gasteiger partial charge in [-0.2, -0.15) is 0 Å². The number of hydrogen-bond donors (Lipinski definition) is 1. The molecule has 0 aromatic carbocycles. The second-order valence-corrected chi connectivity index (χ2v) is 14.9. The van der Waals surface area contributed by atoms with Crippen LogP contribution in [0.5, 0.6) is 0 Å². The Morgan fingerprint density at radius 2 is 1.96 bits per heavy atom. The summed E-state index contributed by atoms with van der Waals surface area (Å²) in [4.78, 5) is 0. The van der Waals surface area contributed by atoms with Crippen LogP contribution < -0.4 is 0 Å². The van der Waals surface area contributed by atoms with E-state index in [0.29, 0.717) is 18.3 Å². The summed E-state index contributed by atoms with van der Waals surface area (Å²) in [5, 5.41) is 11.9. The molecule has 1 N–H and O–H groups in total. The number of hydrogen-bond acceptors (Lipinski definition) is 2. The molecular formula is C23H42O2Si. The van der Waals surface area contributed by atoms with Gasteiger partial charge in [0.15, 0.2) is 8.32 Å². The summed E-state index contributed by atoms with van der Waals surface area (Å²) in [6, 6.07) is 0. The summed E-state index contributed by atoms with van der Waals surface area (Å²) in [6.07, 6.45) is 5.45. The third-order valence-electron chi connectivity index (χ3n) is 6.74. The fourth-order valence-corrected chi connectivity index (χ4v) is 5.24.